The highest BCUT2D eigenvalue weighted by Gasteiger charge is 2.24. The summed E-state index contributed by atoms with van der Waals surface area (Å²) in [4.78, 5) is 2.60. The van der Waals surface area contributed by atoms with Gasteiger partial charge in [-0.25, -0.2) is 0 Å². The third kappa shape index (κ3) is 3.56. The van der Waals surface area contributed by atoms with Crippen molar-refractivity contribution >= 4 is 17.2 Å². The van der Waals surface area contributed by atoms with Crippen LogP contribution < -0.4 is 5.73 Å². The second-order valence-corrected chi connectivity index (χ2v) is 3.94. The molecule has 1 aliphatic rings. The van der Waals surface area contributed by atoms with Crippen LogP contribution in [0.4, 0.5) is 0 Å². The van der Waals surface area contributed by atoms with Crippen molar-refractivity contribution in [2.75, 3.05) is 26.2 Å². The van der Waals surface area contributed by atoms with E-state index in [1.165, 1.54) is 0 Å². The molecule has 1 rings (SSSR count). The topological polar surface area (TPSA) is 58.7 Å². The summed E-state index contributed by atoms with van der Waals surface area (Å²) in [6.07, 6.45) is 0.0401. The van der Waals surface area contributed by atoms with E-state index in [1.807, 2.05) is 6.92 Å². The summed E-state index contributed by atoms with van der Waals surface area (Å²) >= 11 is 4.82. The molecule has 13 heavy (non-hydrogen) atoms. The van der Waals surface area contributed by atoms with Crippen molar-refractivity contribution in [2.45, 2.75) is 19.1 Å². The number of thiocarbonyl (C=S) groups is 1. The maximum absolute atomic E-state index is 8.94. The summed E-state index contributed by atoms with van der Waals surface area (Å²) in [5.74, 6) is 0. The van der Waals surface area contributed by atoms with E-state index in [9.17, 15) is 0 Å². The average Bonchev–Trinajstić information content (AvgIpc) is 2.01. The van der Waals surface area contributed by atoms with Gasteiger partial charge in [-0.2, -0.15) is 0 Å². The summed E-state index contributed by atoms with van der Waals surface area (Å²) in [7, 11) is 0. The van der Waals surface area contributed by atoms with Gasteiger partial charge in [-0.05, 0) is 6.92 Å². The van der Waals surface area contributed by atoms with Crippen LogP contribution in [0.15, 0.2) is 0 Å². The predicted octanol–water partition coefficient (Wildman–Crippen LogP) is -0.646. The molecule has 0 amide bonds. The van der Waals surface area contributed by atoms with Gasteiger partial charge >= 0.3 is 0 Å². The molecule has 0 saturated carbocycles. The van der Waals surface area contributed by atoms with Gasteiger partial charge in [0.25, 0.3) is 0 Å². The number of ether oxygens (including phenoxy) is 1. The van der Waals surface area contributed by atoms with Crippen molar-refractivity contribution in [3.05, 3.63) is 0 Å². The van der Waals surface area contributed by atoms with Gasteiger partial charge in [-0.15, -0.1) is 0 Å². The van der Waals surface area contributed by atoms with Crippen LogP contribution in [0.2, 0.25) is 0 Å². The first-order valence-electron chi connectivity index (χ1n) is 4.38. The lowest BCUT2D eigenvalue weighted by molar-refractivity contribution is -0.0913. The molecule has 3 N–H and O–H groups in total. The highest BCUT2D eigenvalue weighted by molar-refractivity contribution is 7.80. The van der Waals surface area contributed by atoms with E-state index in [4.69, 9.17) is 27.8 Å². The van der Waals surface area contributed by atoms with Crippen LogP contribution in [0.1, 0.15) is 6.92 Å². The van der Waals surface area contributed by atoms with E-state index in [0.29, 0.717) is 18.1 Å². The first-order valence-corrected chi connectivity index (χ1v) is 4.79. The van der Waals surface area contributed by atoms with Crippen LogP contribution in [-0.2, 0) is 4.74 Å². The van der Waals surface area contributed by atoms with Crippen molar-refractivity contribution in [1.82, 2.24) is 4.90 Å². The Bertz CT molecular complexity index is 189. The molecule has 0 spiro atoms. The van der Waals surface area contributed by atoms with Gasteiger partial charge in [0.05, 0.1) is 23.8 Å². The Hall–Kier alpha value is -0.230. The van der Waals surface area contributed by atoms with Crippen LogP contribution in [0.5, 0.6) is 0 Å². The first kappa shape index (κ1) is 10.8. The van der Waals surface area contributed by atoms with Gasteiger partial charge in [-0.1, -0.05) is 12.2 Å². The van der Waals surface area contributed by atoms with E-state index in [-0.39, 0.29) is 18.8 Å². The Morgan fingerprint density at radius 1 is 1.69 bits per heavy atom. The highest BCUT2D eigenvalue weighted by atomic mass is 32.1. The van der Waals surface area contributed by atoms with Gasteiger partial charge in [0.2, 0.25) is 0 Å². The Morgan fingerprint density at radius 2 is 2.38 bits per heavy atom. The minimum absolute atomic E-state index is 0.0537. The molecule has 0 radical (unpaired) electrons. The molecular formula is C8H16N2O2S. The summed E-state index contributed by atoms with van der Waals surface area (Å²) in [5.41, 5.74) is 5.44. The van der Waals surface area contributed by atoms with E-state index < -0.39 is 0 Å². The summed E-state index contributed by atoms with van der Waals surface area (Å²) in [6.45, 7) is 4.18. The molecule has 1 fully saturated rings. The maximum atomic E-state index is 8.94. The molecular weight excluding hydrogens is 188 g/mol. The van der Waals surface area contributed by atoms with Crippen LogP contribution in [-0.4, -0.2) is 53.4 Å². The number of aliphatic hydroxyl groups excluding tert-OH is 1. The second kappa shape index (κ2) is 4.85. The summed E-state index contributed by atoms with van der Waals surface area (Å²) in [5, 5.41) is 8.94. The predicted molar refractivity (Wildman–Crippen MR) is 54.6 cm³/mol. The number of rotatable bonds is 3. The van der Waals surface area contributed by atoms with Crippen molar-refractivity contribution in [1.29, 1.82) is 0 Å². The van der Waals surface area contributed by atoms with Crippen LogP contribution in [0.25, 0.3) is 0 Å². The summed E-state index contributed by atoms with van der Waals surface area (Å²) in [6, 6.07) is 0. The zero-order chi connectivity index (χ0) is 9.84. The van der Waals surface area contributed by atoms with Gasteiger partial charge in [0.1, 0.15) is 0 Å². The fraction of sp³-hybridized carbons (Fsp3) is 0.875. The molecule has 0 aliphatic carbocycles. The number of morpholine rings is 1. The van der Waals surface area contributed by atoms with E-state index >= 15 is 0 Å². The SMILES string of the molecule is CC1CN(CC(N)=S)CC(CO)O1. The smallest absolute Gasteiger partial charge is 0.0936 e. The van der Waals surface area contributed by atoms with Crippen LogP contribution in [0.3, 0.4) is 0 Å². The van der Waals surface area contributed by atoms with Crippen LogP contribution in [0, 0.1) is 0 Å². The van der Waals surface area contributed by atoms with E-state index in [0.717, 1.165) is 6.54 Å². The third-order valence-corrected chi connectivity index (χ3v) is 2.11. The quantitative estimate of drug-likeness (QED) is 0.599. The Kier molecular flexibility index (Phi) is 4.05. The minimum Gasteiger partial charge on any atom is -0.394 e. The minimum atomic E-state index is -0.0990. The maximum Gasteiger partial charge on any atom is 0.0936 e. The Labute approximate surface area is 83.7 Å². The lowest BCUT2D eigenvalue weighted by Crippen LogP contribution is -2.50. The molecule has 0 bridgehead atoms. The third-order valence-electron chi connectivity index (χ3n) is 1.98. The Morgan fingerprint density at radius 3 is 2.92 bits per heavy atom. The Balaban J connectivity index is 2.42. The zero-order valence-electron chi connectivity index (χ0n) is 7.77. The monoisotopic (exact) mass is 204 g/mol. The molecule has 4 nitrogen and oxygen atoms in total. The fourth-order valence-electron chi connectivity index (χ4n) is 1.59. The van der Waals surface area contributed by atoms with Gasteiger partial charge in [0, 0.05) is 19.6 Å². The first-order chi connectivity index (χ1) is 6.11. The molecule has 0 aromatic carbocycles. The molecule has 1 saturated heterocycles. The number of nitrogens with zero attached hydrogens (tertiary/aromatic N) is 1. The van der Waals surface area contributed by atoms with E-state index in [1.54, 1.807) is 0 Å². The van der Waals surface area contributed by atoms with E-state index in [2.05, 4.69) is 4.90 Å². The highest BCUT2D eigenvalue weighted by Crippen LogP contribution is 2.09. The van der Waals surface area contributed by atoms with Gasteiger partial charge in [-0.3, -0.25) is 4.90 Å². The standard InChI is InChI=1S/C8H16N2O2S/c1-6-2-10(4-8(9)13)3-7(5-11)12-6/h6-7,11H,2-5H2,1H3,(H2,9,13). The average molecular weight is 204 g/mol. The molecule has 76 valence electrons. The molecule has 1 aliphatic heterocycles. The number of hydrogen-bond donors (Lipinski definition) is 2. The van der Waals surface area contributed by atoms with Crippen molar-refractivity contribution in [2.24, 2.45) is 5.73 Å². The molecule has 0 aromatic heterocycles. The second-order valence-electron chi connectivity index (χ2n) is 3.41. The largest absolute Gasteiger partial charge is 0.394 e. The fourth-order valence-corrected chi connectivity index (χ4v) is 1.77. The van der Waals surface area contributed by atoms with Crippen molar-refractivity contribution < 1.29 is 9.84 Å². The number of hydrogen-bond acceptors (Lipinski definition) is 4. The van der Waals surface area contributed by atoms with Crippen LogP contribution >= 0.6 is 12.2 Å². The number of aliphatic hydroxyl groups is 1. The molecule has 1 heterocycles. The van der Waals surface area contributed by atoms with Crippen molar-refractivity contribution in [3.63, 3.8) is 0 Å². The zero-order valence-corrected chi connectivity index (χ0v) is 8.59. The van der Waals surface area contributed by atoms with Crippen molar-refractivity contribution in [3.8, 4) is 0 Å². The summed E-state index contributed by atoms with van der Waals surface area (Å²) < 4.78 is 5.47. The molecule has 0 aromatic rings. The molecule has 2 atom stereocenters. The number of nitrogens with two attached hydrogens (primary N) is 1. The molecule has 5 heteroatoms. The van der Waals surface area contributed by atoms with Gasteiger partial charge in [0.15, 0.2) is 0 Å². The van der Waals surface area contributed by atoms with Gasteiger partial charge < -0.3 is 15.6 Å². The lowest BCUT2D eigenvalue weighted by Gasteiger charge is -2.35. The normalized spacial score (nSPS) is 30.3. The lowest BCUT2D eigenvalue weighted by atomic mass is 10.2. The molecule has 2 unspecified atom stereocenters.